The Balaban J connectivity index is -0.000000120. The van der Waals surface area contributed by atoms with E-state index in [4.69, 9.17) is 5.73 Å². The van der Waals surface area contributed by atoms with Gasteiger partial charge in [0.15, 0.2) is 0 Å². The second-order valence-electron chi connectivity index (χ2n) is 2.77. The number of rotatable bonds is 4. The van der Waals surface area contributed by atoms with Crippen molar-refractivity contribution in [2.75, 3.05) is 0 Å². The third kappa shape index (κ3) is 16.5. The quantitative estimate of drug-likeness (QED) is 0.398. The zero-order chi connectivity index (χ0) is 10.9. The number of hydrogen-bond donors (Lipinski definition) is 1. The van der Waals surface area contributed by atoms with E-state index in [0.717, 1.165) is 0 Å². The molecule has 13 heteroatoms. The van der Waals surface area contributed by atoms with Crippen LogP contribution in [0.3, 0.4) is 0 Å². The fourth-order valence-electron chi connectivity index (χ4n) is 0.764. The van der Waals surface area contributed by atoms with Gasteiger partial charge in [-0.1, -0.05) is 15.2 Å². The third-order valence-corrected chi connectivity index (χ3v) is 4.89. The molecule has 0 aromatic rings. The standard InChI is InChI=1S/C4H13NO6P2.4Na/c1-3(5)2-4(12(6,7)8)13(9,10)11;;;;/h3-4H,2,5H2,1H3,(H2,6,7,8)(H2,9,10,11);;;;/q;4*+1/p-4. The summed E-state index contributed by atoms with van der Waals surface area (Å²) in [5.74, 6) is 0. The molecule has 0 fully saturated rings. The summed E-state index contributed by atoms with van der Waals surface area (Å²) in [5, 5.41) is -2.43. The van der Waals surface area contributed by atoms with Gasteiger partial charge in [0.05, 0.1) is 0 Å². The van der Waals surface area contributed by atoms with Gasteiger partial charge in [0.1, 0.15) is 0 Å². The first-order valence-electron chi connectivity index (χ1n) is 3.34. The Labute approximate surface area is 189 Å². The predicted molar refractivity (Wildman–Crippen MR) is 37.3 cm³/mol. The van der Waals surface area contributed by atoms with Crippen LogP contribution in [0.2, 0.25) is 0 Å². The maximum atomic E-state index is 10.4. The van der Waals surface area contributed by atoms with Gasteiger partial charge in [0.25, 0.3) is 0 Å². The molecule has 1 unspecified atom stereocenters. The maximum Gasteiger partial charge on any atom is 1.00 e. The average molecular weight is 321 g/mol. The van der Waals surface area contributed by atoms with Crippen LogP contribution in [0.25, 0.3) is 0 Å². The molecule has 0 saturated heterocycles. The summed E-state index contributed by atoms with van der Waals surface area (Å²) in [6.45, 7) is 1.30. The molecule has 0 aliphatic carbocycles. The summed E-state index contributed by atoms with van der Waals surface area (Å²) in [5.41, 5.74) is 5.09. The van der Waals surface area contributed by atoms with Gasteiger partial charge in [-0.25, -0.2) is 0 Å². The molecule has 80 valence electrons. The Morgan fingerprint density at radius 2 is 1.18 bits per heavy atom. The van der Waals surface area contributed by atoms with Crippen molar-refractivity contribution in [3.63, 3.8) is 0 Å². The molecule has 7 nitrogen and oxygen atoms in total. The van der Waals surface area contributed by atoms with E-state index < -0.39 is 33.1 Å². The zero-order valence-electron chi connectivity index (χ0n) is 10.8. The predicted octanol–water partition coefficient (Wildman–Crippen LogP) is -15.1. The van der Waals surface area contributed by atoms with Crippen molar-refractivity contribution in [2.45, 2.75) is 24.8 Å². The minimum atomic E-state index is -5.42. The van der Waals surface area contributed by atoms with E-state index in [-0.39, 0.29) is 118 Å². The van der Waals surface area contributed by atoms with Gasteiger partial charge in [-0.05, 0) is 13.3 Å². The van der Waals surface area contributed by atoms with Gasteiger partial charge in [0, 0.05) is 11.4 Å². The van der Waals surface area contributed by atoms with Crippen LogP contribution in [0.15, 0.2) is 0 Å². The third-order valence-electron chi connectivity index (χ3n) is 1.31. The van der Waals surface area contributed by atoms with Crippen LogP contribution in [0.1, 0.15) is 13.3 Å². The van der Waals surface area contributed by atoms with Crippen LogP contribution < -0.4 is 144 Å². The second-order valence-corrected chi connectivity index (χ2v) is 6.59. The van der Waals surface area contributed by atoms with E-state index in [1.54, 1.807) is 0 Å². The van der Waals surface area contributed by atoms with Crippen molar-refractivity contribution >= 4 is 15.2 Å². The van der Waals surface area contributed by atoms with Gasteiger partial charge in [-0.15, -0.1) is 0 Å². The second kappa shape index (κ2) is 13.9. The van der Waals surface area contributed by atoms with Crippen LogP contribution in [0, 0.1) is 0 Å². The summed E-state index contributed by atoms with van der Waals surface area (Å²) >= 11 is 0. The Bertz CT molecular complexity index is 245. The topological polar surface area (TPSA) is 152 Å². The fraction of sp³-hybridized carbons (Fsp3) is 1.00. The molecule has 0 saturated carbocycles. The fourth-order valence-corrected chi connectivity index (χ4v) is 3.33. The van der Waals surface area contributed by atoms with Crippen molar-refractivity contribution in [1.29, 1.82) is 0 Å². The number of nitrogens with two attached hydrogens (primary N) is 1. The molecule has 0 aromatic carbocycles. The molecule has 0 bridgehead atoms. The molecular formula is C4H9NNa4O6P2. The smallest absolute Gasteiger partial charge is 0.810 e. The maximum absolute atomic E-state index is 10.4. The molecule has 0 rings (SSSR count). The van der Waals surface area contributed by atoms with E-state index >= 15 is 0 Å². The van der Waals surface area contributed by atoms with Crippen LogP contribution >= 0.6 is 15.2 Å². The Morgan fingerprint density at radius 1 is 0.941 bits per heavy atom. The summed E-state index contributed by atoms with van der Waals surface area (Å²) in [7, 11) is -10.8. The van der Waals surface area contributed by atoms with E-state index in [1.807, 2.05) is 0 Å². The molecule has 17 heavy (non-hydrogen) atoms. The first-order valence-corrected chi connectivity index (χ1v) is 6.56. The monoisotopic (exact) mass is 321 g/mol. The van der Waals surface area contributed by atoms with Crippen molar-refractivity contribution in [3.05, 3.63) is 0 Å². The van der Waals surface area contributed by atoms with Gasteiger partial charge in [-0.2, -0.15) is 0 Å². The molecule has 1 atom stereocenters. The Morgan fingerprint density at radius 3 is 1.24 bits per heavy atom. The van der Waals surface area contributed by atoms with Crippen LogP contribution in [0.4, 0.5) is 0 Å². The SMILES string of the molecule is CC(N)CC(P(=O)([O-])[O-])P(=O)([O-])[O-].[Na+].[Na+].[Na+].[Na+]. The van der Waals surface area contributed by atoms with Crippen molar-refractivity contribution in [2.24, 2.45) is 5.73 Å². The molecule has 0 heterocycles. The molecule has 0 amide bonds. The van der Waals surface area contributed by atoms with E-state index in [1.165, 1.54) is 6.92 Å². The number of hydrogen-bond acceptors (Lipinski definition) is 7. The van der Waals surface area contributed by atoms with E-state index in [9.17, 15) is 28.7 Å². The van der Waals surface area contributed by atoms with Gasteiger partial charge < -0.3 is 34.4 Å². The minimum Gasteiger partial charge on any atom is -0.810 e. The van der Waals surface area contributed by atoms with Crippen molar-refractivity contribution < 1.29 is 147 Å². The summed E-state index contributed by atoms with van der Waals surface area (Å²) in [6, 6.07) is -0.836. The minimum absolute atomic E-state index is 0. The van der Waals surface area contributed by atoms with Crippen LogP contribution in [-0.4, -0.2) is 11.4 Å². The molecule has 0 spiro atoms. The van der Waals surface area contributed by atoms with Gasteiger partial charge >= 0.3 is 118 Å². The van der Waals surface area contributed by atoms with E-state index in [2.05, 4.69) is 0 Å². The molecule has 0 radical (unpaired) electrons. The van der Waals surface area contributed by atoms with Crippen LogP contribution in [-0.2, 0) is 9.13 Å². The zero-order valence-corrected chi connectivity index (χ0v) is 20.6. The van der Waals surface area contributed by atoms with Gasteiger partial charge in [-0.3, -0.25) is 0 Å². The molecule has 0 aliphatic rings. The summed E-state index contributed by atoms with van der Waals surface area (Å²) in [4.78, 5) is 41.4. The van der Waals surface area contributed by atoms with Gasteiger partial charge in [0.2, 0.25) is 0 Å². The molecular weight excluding hydrogens is 312 g/mol. The molecule has 0 aliphatic heterocycles. The normalized spacial score (nSPS) is 12.4. The van der Waals surface area contributed by atoms with Crippen molar-refractivity contribution in [3.8, 4) is 0 Å². The average Bonchev–Trinajstić information content (AvgIpc) is 1.77. The summed E-state index contributed by atoms with van der Waals surface area (Å²) in [6.07, 6.45) is -0.658. The molecule has 2 N–H and O–H groups in total. The first kappa shape index (κ1) is 33.0. The largest absolute Gasteiger partial charge is 1.00 e. The Hall–Kier alpha value is 4.26. The van der Waals surface area contributed by atoms with Crippen LogP contribution in [0.5, 0.6) is 0 Å². The first-order chi connectivity index (χ1) is 5.55. The van der Waals surface area contributed by atoms with Crippen molar-refractivity contribution in [1.82, 2.24) is 0 Å². The Kier molecular flexibility index (Phi) is 27.0. The van der Waals surface area contributed by atoms with E-state index in [0.29, 0.717) is 0 Å². The molecule has 0 aromatic heterocycles. The summed E-state index contributed by atoms with van der Waals surface area (Å²) < 4.78 is 20.7.